The van der Waals surface area contributed by atoms with Gasteiger partial charge in [-0.25, -0.2) is 4.57 Å². The Morgan fingerprint density at radius 3 is 1.25 bits per heavy atom. The van der Waals surface area contributed by atoms with E-state index in [1.807, 2.05) is 39.4 Å². The van der Waals surface area contributed by atoms with Crippen LogP contribution in [-0.4, -0.2) is 74.3 Å². The number of nitrogens with zero attached hydrogens (tertiary/aromatic N) is 1. The minimum atomic E-state index is -4.46. The Morgan fingerprint density at radius 2 is 0.827 bits per heavy atom. The molecule has 1 amide bonds. The van der Waals surface area contributed by atoms with Crippen molar-refractivity contribution < 1.29 is 37.3 Å². The zero-order valence-corrected chi connectivity index (χ0v) is 50.9. The fourth-order valence-corrected chi connectivity index (χ4v) is 9.76. The van der Waals surface area contributed by atoms with E-state index in [2.05, 4.69) is 68.6 Å². The standard InChI is InChI=1S/C65H121N2O7P/c1-7-10-13-16-19-22-25-28-29-30-31-32-33-34-35-36-37-40-42-45-48-51-54-57-64(68)66-62(61-73-75(70,71)72-60-59-67(4,5)6)63(56-53-50-47-44-41-38-26-23-20-17-14-11-8-2)74-65(69)58-55-52-49-46-43-39-27-24-21-18-15-12-9-3/h19,22,28-29,39,43,49,52-53,56,62-63H,7-18,20-21,23-27,30-38,40-42,44-48,50-51,54-55,57-61H2,1-6H3,(H-,66,68,70,71)/p+1/b22-19-,29-28-,43-39-,52-49+,56-53-. The van der Waals surface area contributed by atoms with Gasteiger partial charge in [0, 0.05) is 12.8 Å². The zero-order valence-electron chi connectivity index (χ0n) is 50.0. The van der Waals surface area contributed by atoms with Gasteiger partial charge in [0.25, 0.3) is 0 Å². The van der Waals surface area contributed by atoms with Crippen LogP contribution in [0.1, 0.15) is 290 Å². The molecule has 0 aromatic carbocycles. The first-order chi connectivity index (χ1) is 36.4. The van der Waals surface area contributed by atoms with Crippen molar-refractivity contribution in [3.8, 4) is 0 Å². The van der Waals surface area contributed by atoms with E-state index in [4.69, 9.17) is 13.8 Å². The van der Waals surface area contributed by atoms with Crippen molar-refractivity contribution in [3.63, 3.8) is 0 Å². The number of amides is 1. The van der Waals surface area contributed by atoms with Crippen LogP contribution in [0.4, 0.5) is 0 Å². The van der Waals surface area contributed by atoms with Crippen molar-refractivity contribution in [2.75, 3.05) is 40.9 Å². The molecule has 0 bridgehead atoms. The number of esters is 1. The molecule has 0 aliphatic carbocycles. The highest BCUT2D eigenvalue weighted by Crippen LogP contribution is 2.43. The van der Waals surface area contributed by atoms with E-state index in [1.54, 1.807) is 0 Å². The van der Waals surface area contributed by atoms with Crippen molar-refractivity contribution >= 4 is 19.7 Å². The topological polar surface area (TPSA) is 111 Å². The molecule has 75 heavy (non-hydrogen) atoms. The number of carbonyl (C=O) groups excluding carboxylic acids is 2. The Kier molecular flexibility index (Phi) is 53.4. The number of quaternary nitrogens is 1. The van der Waals surface area contributed by atoms with Gasteiger partial charge in [0.2, 0.25) is 5.91 Å². The van der Waals surface area contributed by atoms with Gasteiger partial charge in [0.1, 0.15) is 19.3 Å². The van der Waals surface area contributed by atoms with Gasteiger partial charge in [0.15, 0.2) is 0 Å². The summed E-state index contributed by atoms with van der Waals surface area (Å²) in [4.78, 5) is 37.6. The maximum atomic E-state index is 13.5. The Bertz CT molecular complexity index is 1470. The average Bonchev–Trinajstić information content (AvgIpc) is 3.37. The summed E-state index contributed by atoms with van der Waals surface area (Å²) < 4.78 is 30.6. The van der Waals surface area contributed by atoms with E-state index in [9.17, 15) is 19.0 Å². The Balaban J connectivity index is 5.21. The second-order valence-electron chi connectivity index (χ2n) is 22.6. The summed E-state index contributed by atoms with van der Waals surface area (Å²) in [7, 11) is 1.47. The van der Waals surface area contributed by atoms with Crippen LogP contribution in [-0.2, 0) is 27.9 Å². The first-order valence-corrected chi connectivity index (χ1v) is 33.1. The molecule has 0 aromatic rings. The molecule has 3 unspecified atom stereocenters. The van der Waals surface area contributed by atoms with Gasteiger partial charge < -0.3 is 19.4 Å². The predicted octanol–water partition coefficient (Wildman–Crippen LogP) is 19.4. The number of hydrogen-bond donors (Lipinski definition) is 2. The number of hydrogen-bond acceptors (Lipinski definition) is 6. The Morgan fingerprint density at radius 1 is 0.467 bits per heavy atom. The lowest BCUT2D eigenvalue weighted by molar-refractivity contribution is -0.870. The van der Waals surface area contributed by atoms with Crippen molar-refractivity contribution in [1.29, 1.82) is 0 Å². The Hall–Kier alpha value is -2.29. The molecule has 0 spiro atoms. The molecule has 10 heteroatoms. The van der Waals surface area contributed by atoms with E-state index < -0.39 is 20.0 Å². The molecule has 0 saturated heterocycles. The van der Waals surface area contributed by atoms with Crippen LogP contribution in [0.5, 0.6) is 0 Å². The van der Waals surface area contributed by atoms with Crippen LogP contribution in [0.15, 0.2) is 60.8 Å². The van der Waals surface area contributed by atoms with Crippen LogP contribution in [0, 0.1) is 0 Å². The molecule has 0 radical (unpaired) electrons. The zero-order chi connectivity index (χ0) is 55.0. The highest BCUT2D eigenvalue weighted by atomic mass is 31.2. The van der Waals surface area contributed by atoms with Gasteiger partial charge in [-0.3, -0.25) is 18.6 Å². The average molecular weight is 1070 g/mol. The number of unbranched alkanes of at least 4 members (excludes halogenated alkanes) is 33. The summed E-state index contributed by atoms with van der Waals surface area (Å²) in [6.07, 6.45) is 69.5. The monoisotopic (exact) mass is 1070 g/mol. The minimum Gasteiger partial charge on any atom is -0.456 e. The summed E-state index contributed by atoms with van der Waals surface area (Å²) in [5.74, 6) is -0.578. The van der Waals surface area contributed by atoms with Crippen LogP contribution in [0.3, 0.4) is 0 Å². The number of rotatable bonds is 57. The summed E-state index contributed by atoms with van der Waals surface area (Å²) in [6.45, 7) is 6.96. The van der Waals surface area contributed by atoms with E-state index in [0.29, 0.717) is 23.9 Å². The minimum absolute atomic E-state index is 0.0323. The molecule has 0 fully saturated rings. The largest absolute Gasteiger partial charge is 0.472 e. The third kappa shape index (κ3) is 56.2. The quantitative estimate of drug-likeness (QED) is 0.0205. The maximum absolute atomic E-state index is 13.5. The highest BCUT2D eigenvalue weighted by Gasteiger charge is 2.30. The number of phosphoric acid groups is 1. The third-order valence-electron chi connectivity index (χ3n) is 13.9. The molecule has 0 aromatic heterocycles. The summed E-state index contributed by atoms with van der Waals surface area (Å²) in [6, 6.07) is -0.871. The number of likely N-dealkylation sites (N-methyl/N-ethyl adjacent to an activating group) is 1. The van der Waals surface area contributed by atoms with E-state index in [0.717, 1.165) is 57.8 Å². The maximum Gasteiger partial charge on any atom is 0.472 e. The molecule has 438 valence electrons. The van der Waals surface area contributed by atoms with Gasteiger partial charge in [-0.2, -0.15) is 0 Å². The number of allylic oxidation sites excluding steroid dienone is 9. The molecule has 0 rings (SSSR count). The van der Waals surface area contributed by atoms with E-state index in [-0.39, 0.29) is 31.5 Å². The summed E-state index contributed by atoms with van der Waals surface area (Å²) in [5, 5.41) is 3.04. The fraction of sp³-hybridized carbons (Fsp3) is 0.815. The molecule has 0 aliphatic heterocycles. The molecule has 9 nitrogen and oxygen atoms in total. The van der Waals surface area contributed by atoms with Crippen LogP contribution in [0.25, 0.3) is 0 Å². The first-order valence-electron chi connectivity index (χ1n) is 31.6. The van der Waals surface area contributed by atoms with Gasteiger partial charge in [-0.15, -0.1) is 0 Å². The van der Waals surface area contributed by atoms with Crippen LogP contribution >= 0.6 is 7.82 Å². The van der Waals surface area contributed by atoms with E-state index >= 15 is 0 Å². The van der Waals surface area contributed by atoms with E-state index in [1.165, 1.54) is 193 Å². The Labute approximate surface area is 464 Å². The van der Waals surface area contributed by atoms with Crippen LogP contribution < -0.4 is 5.32 Å². The lowest BCUT2D eigenvalue weighted by Crippen LogP contribution is -2.47. The van der Waals surface area contributed by atoms with Gasteiger partial charge in [0.05, 0.1) is 33.8 Å². The van der Waals surface area contributed by atoms with Gasteiger partial charge >= 0.3 is 13.8 Å². The molecular formula is C65H122N2O7P+. The smallest absolute Gasteiger partial charge is 0.456 e. The summed E-state index contributed by atoms with van der Waals surface area (Å²) in [5.41, 5.74) is 0. The molecular weight excluding hydrogens is 952 g/mol. The van der Waals surface area contributed by atoms with Crippen molar-refractivity contribution in [2.24, 2.45) is 0 Å². The number of nitrogens with one attached hydrogen (secondary N) is 1. The van der Waals surface area contributed by atoms with Gasteiger partial charge in [-0.05, 0) is 83.1 Å². The molecule has 0 aliphatic rings. The fourth-order valence-electron chi connectivity index (χ4n) is 9.02. The number of phosphoric ester groups is 1. The third-order valence-corrected chi connectivity index (χ3v) is 14.9. The second-order valence-corrected chi connectivity index (χ2v) is 24.0. The lowest BCUT2D eigenvalue weighted by atomic mass is 10.0. The van der Waals surface area contributed by atoms with Crippen molar-refractivity contribution in [1.82, 2.24) is 5.32 Å². The van der Waals surface area contributed by atoms with Crippen molar-refractivity contribution in [2.45, 2.75) is 303 Å². The van der Waals surface area contributed by atoms with Gasteiger partial charge in [-0.1, -0.05) is 255 Å². The van der Waals surface area contributed by atoms with Crippen LogP contribution in [0.2, 0.25) is 0 Å². The molecule has 0 heterocycles. The number of carbonyl (C=O) groups is 2. The lowest BCUT2D eigenvalue weighted by Gasteiger charge is -2.27. The summed E-state index contributed by atoms with van der Waals surface area (Å²) >= 11 is 0. The second kappa shape index (κ2) is 55.0. The molecule has 0 saturated carbocycles. The molecule has 3 atom stereocenters. The normalized spacial score (nSPS) is 14.1. The predicted molar refractivity (Wildman–Crippen MR) is 323 cm³/mol. The SMILES string of the molecule is CCCCC/C=C\C/C=C\CCCCCCCCCCCCCCCC(=O)NC(COP(=O)(O)OCC[N+](C)(C)C)C(/C=C\CCCCCCCCCCCCC)OC(=O)CC/C=C/C/C=C\CCCCCCCC. The number of ether oxygens (including phenoxy) is 1. The molecule has 2 N–H and O–H groups in total. The first kappa shape index (κ1) is 72.7. The van der Waals surface area contributed by atoms with Crippen molar-refractivity contribution in [3.05, 3.63) is 60.8 Å². The highest BCUT2D eigenvalue weighted by molar-refractivity contribution is 7.47.